The van der Waals surface area contributed by atoms with Crippen molar-refractivity contribution in [3.05, 3.63) is 91.3 Å². The Balaban J connectivity index is 1.12. The van der Waals surface area contributed by atoms with Crippen LogP contribution in [0.3, 0.4) is 0 Å². The van der Waals surface area contributed by atoms with Gasteiger partial charge in [-0.05, 0) is 90.9 Å². The number of thioether (sulfide) groups is 1. The average Bonchev–Trinajstić information content (AvgIpc) is 3.83. The van der Waals surface area contributed by atoms with E-state index in [1.165, 1.54) is 16.2 Å². The lowest BCUT2D eigenvalue weighted by molar-refractivity contribution is -0.123. The first kappa shape index (κ1) is 31.2. The summed E-state index contributed by atoms with van der Waals surface area (Å²) in [4.78, 5) is 59.0. The highest BCUT2D eigenvalue weighted by molar-refractivity contribution is 9.10. The molecule has 3 aromatic carbocycles. The summed E-state index contributed by atoms with van der Waals surface area (Å²) in [6, 6.07) is 19.7. The van der Waals surface area contributed by atoms with E-state index in [0.29, 0.717) is 28.6 Å². The summed E-state index contributed by atoms with van der Waals surface area (Å²) in [5.74, 6) is -0.0538. The molecule has 1 saturated heterocycles. The Bertz CT molecular complexity index is 2000. The molecular weight excluding hydrogens is 718 g/mol. The minimum atomic E-state index is -0.446. The predicted molar refractivity (Wildman–Crippen MR) is 185 cm³/mol. The summed E-state index contributed by atoms with van der Waals surface area (Å²) >= 11 is 6.43. The van der Waals surface area contributed by atoms with Crippen molar-refractivity contribution in [1.82, 2.24) is 4.98 Å². The van der Waals surface area contributed by atoms with Gasteiger partial charge in [-0.3, -0.25) is 24.1 Å². The number of nitrogens with zero attached hydrogens (tertiary/aromatic N) is 1. The van der Waals surface area contributed by atoms with E-state index in [4.69, 9.17) is 14.2 Å². The number of hydrogen-bond donors (Lipinski definition) is 2. The van der Waals surface area contributed by atoms with Crippen LogP contribution in [0.1, 0.15) is 22.8 Å². The van der Waals surface area contributed by atoms with Crippen molar-refractivity contribution >= 4 is 68.1 Å². The summed E-state index contributed by atoms with van der Waals surface area (Å²) in [6.45, 7) is -0.229. The number of anilines is 2. The molecule has 2 saturated carbocycles. The number of rotatable bonds is 8. The lowest BCUT2D eigenvalue weighted by Gasteiger charge is -2.43. The standard InChI is InChI=1S/C35H30BrN3O7S2/c1-44-19-8-4-17(5-9-19)37-25(40)15-46-24-12-3-16(36)13-21(24)26-27-22-14-23(30(27)47-32-31(26)48-35(43)38-32)29-28(22)33(41)39(34(29)42)18-6-10-20(45-2)11-7-18/h3-13,22-23,26-30H,14-15H2,1-2H3,(H,37,40)(H,38,43)/t22?,23?,26-,27?,28?,29?,30?/m1/s1. The number of imide groups is 1. The molecule has 4 aromatic rings. The molecule has 6 unspecified atom stereocenters. The van der Waals surface area contributed by atoms with Gasteiger partial charge in [0.05, 0.1) is 36.8 Å². The Kier molecular flexibility index (Phi) is 7.88. The zero-order valence-electron chi connectivity index (χ0n) is 25.8. The van der Waals surface area contributed by atoms with Gasteiger partial charge in [-0.1, -0.05) is 27.3 Å². The summed E-state index contributed by atoms with van der Waals surface area (Å²) in [7, 11) is 3.15. The van der Waals surface area contributed by atoms with Gasteiger partial charge in [0.25, 0.3) is 5.91 Å². The number of benzene rings is 3. The number of carbonyl (C=O) groups is 3. The smallest absolute Gasteiger partial charge is 0.305 e. The summed E-state index contributed by atoms with van der Waals surface area (Å²) in [6.07, 6.45) is 0.760. The van der Waals surface area contributed by atoms with E-state index < -0.39 is 11.8 Å². The molecule has 13 heteroatoms. The van der Waals surface area contributed by atoms with Crippen LogP contribution in [-0.2, 0) is 14.4 Å². The number of nitrogens with one attached hydrogen (secondary N) is 2. The first-order valence-corrected chi connectivity index (χ1v) is 18.0. The number of methoxy groups -OCH3 is 2. The van der Waals surface area contributed by atoms with Gasteiger partial charge >= 0.3 is 4.87 Å². The molecule has 2 aliphatic carbocycles. The Hall–Kier alpha value is -4.07. The van der Waals surface area contributed by atoms with Gasteiger partial charge < -0.3 is 24.5 Å². The number of amides is 3. The van der Waals surface area contributed by atoms with E-state index in [-0.39, 0.29) is 58.1 Å². The maximum atomic E-state index is 14.1. The molecule has 48 heavy (non-hydrogen) atoms. The monoisotopic (exact) mass is 747 g/mol. The molecule has 4 aliphatic rings. The number of halogens is 1. The molecule has 2 N–H and O–H groups in total. The van der Waals surface area contributed by atoms with Crippen molar-refractivity contribution in [2.75, 3.05) is 31.0 Å². The Morgan fingerprint density at radius 2 is 1.60 bits per heavy atom. The first-order chi connectivity index (χ1) is 23.2. The van der Waals surface area contributed by atoms with Gasteiger partial charge in [0, 0.05) is 31.8 Å². The number of hydrogen-bond acceptors (Lipinski definition) is 9. The minimum Gasteiger partial charge on any atom is -0.497 e. The van der Waals surface area contributed by atoms with E-state index in [0.717, 1.165) is 26.4 Å². The number of aromatic amines is 1. The highest BCUT2D eigenvalue weighted by atomic mass is 79.9. The SMILES string of the molecule is COc1ccc(NC(=O)COc2ccc(Br)cc2[C@H]2c3sc(=O)[nH]c3SC3C4CC(C5C(=O)N(c6ccc(OC)cc6)C(=O)C45)C32)cc1. The van der Waals surface area contributed by atoms with E-state index in [1.54, 1.807) is 74.5 Å². The molecule has 0 spiro atoms. The van der Waals surface area contributed by atoms with Crippen LogP contribution in [0.5, 0.6) is 17.2 Å². The Morgan fingerprint density at radius 1 is 0.938 bits per heavy atom. The largest absolute Gasteiger partial charge is 0.497 e. The van der Waals surface area contributed by atoms with Gasteiger partial charge in [-0.15, -0.1) is 11.8 Å². The van der Waals surface area contributed by atoms with Crippen molar-refractivity contribution in [1.29, 1.82) is 0 Å². The quantitative estimate of drug-likeness (QED) is 0.213. The topological polar surface area (TPSA) is 127 Å². The third-order valence-electron chi connectivity index (χ3n) is 10.1. The lowest BCUT2D eigenvalue weighted by Crippen LogP contribution is -2.42. The number of thiazole rings is 1. The van der Waals surface area contributed by atoms with Crippen LogP contribution in [0, 0.1) is 29.6 Å². The van der Waals surface area contributed by atoms with Crippen molar-refractivity contribution in [3.8, 4) is 17.2 Å². The zero-order valence-corrected chi connectivity index (χ0v) is 29.0. The van der Waals surface area contributed by atoms with E-state index in [2.05, 4.69) is 26.2 Å². The minimum absolute atomic E-state index is 0.0109. The molecule has 7 atom stereocenters. The fourth-order valence-corrected chi connectivity index (χ4v) is 11.5. The molecule has 10 nitrogen and oxygen atoms in total. The molecule has 8 rings (SSSR count). The highest BCUT2D eigenvalue weighted by Gasteiger charge is 2.69. The van der Waals surface area contributed by atoms with Crippen LogP contribution < -0.4 is 29.3 Å². The summed E-state index contributed by atoms with van der Waals surface area (Å²) in [5.41, 5.74) is 2.00. The second-order valence-electron chi connectivity index (χ2n) is 12.4. The normalized spacial score (nSPS) is 26.6. The Labute approximate surface area is 292 Å². The molecule has 3 amide bonds. The highest BCUT2D eigenvalue weighted by Crippen LogP contribution is 2.69. The number of carbonyl (C=O) groups excluding carboxylic acids is 3. The lowest BCUT2D eigenvalue weighted by atomic mass is 9.68. The third-order valence-corrected chi connectivity index (χ3v) is 13.2. The van der Waals surface area contributed by atoms with Crippen LogP contribution in [-0.4, -0.2) is 48.8 Å². The van der Waals surface area contributed by atoms with Gasteiger partial charge in [-0.2, -0.15) is 0 Å². The van der Waals surface area contributed by atoms with Gasteiger partial charge in [0.1, 0.15) is 17.2 Å². The van der Waals surface area contributed by atoms with Gasteiger partial charge in [-0.25, -0.2) is 0 Å². The van der Waals surface area contributed by atoms with E-state index in [9.17, 15) is 19.2 Å². The van der Waals surface area contributed by atoms with Gasteiger partial charge in [0.15, 0.2) is 6.61 Å². The van der Waals surface area contributed by atoms with Crippen LogP contribution in [0.25, 0.3) is 0 Å². The van der Waals surface area contributed by atoms with Gasteiger partial charge in [0.2, 0.25) is 11.8 Å². The van der Waals surface area contributed by atoms with Crippen molar-refractivity contribution in [3.63, 3.8) is 0 Å². The summed E-state index contributed by atoms with van der Waals surface area (Å²) < 4.78 is 17.5. The fourth-order valence-electron chi connectivity index (χ4n) is 8.26. The van der Waals surface area contributed by atoms with E-state index in [1.807, 2.05) is 18.2 Å². The van der Waals surface area contributed by atoms with Crippen LogP contribution in [0.4, 0.5) is 11.4 Å². The second kappa shape index (κ2) is 12.1. The maximum Gasteiger partial charge on any atom is 0.305 e. The molecule has 3 fully saturated rings. The number of aromatic nitrogens is 1. The number of H-pyrrole nitrogens is 1. The summed E-state index contributed by atoms with van der Waals surface area (Å²) in [5, 5.41) is 3.66. The molecule has 3 heterocycles. The number of ether oxygens (including phenoxy) is 3. The van der Waals surface area contributed by atoms with Crippen molar-refractivity contribution in [2.45, 2.75) is 22.6 Å². The maximum absolute atomic E-state index is 14.1. The van der Waals surface area contributed by atoms with Crippen LogP contribution in [0.15, 0.2) is 81.0 Å². The molecule has 246 valence electrons. The first-order valence-electron chi connectivity index (χ1n) is 15.5. The van der Waals surface area contributed by atoms with Crippen LogP contribution in [0.2, 0.25) is 0 Å². The number of fused-ring (bicyclic) bond motifs is 9. The van der Waals surface area contributed by atoms with E-state index >= 15 is 0 Å². The molecule has 2 aliphatic heterocycles. The van der Waals surface area contributed by atoms with Crippen LogP contribution >= 0.6 is 39.0 Å². The fraction of sp³-hybridized carbons (Fsp3) is 0.314. The molecule has 2 bridgehead atoms. The molecular formula is C35H30BrN3O7S2. The third kappa shape index (κ3) is 5.05. The Morgan fingerprint density at radius 3 is 2.29 bits per heavy atom. The molecule has 1 aromatic heterocycles. The van der Waals surface area contributed by atoms with Crippen molar-refractivity contribution in [2.24, 2.45) is 29.6 Å². The average molecular weight is 749 g/mol. The van der Waals surface area contributed by atoms with Crippen molar-refractivity contribution < 1.29 is 28.6 Å². The molecule has 0 radical (unpaired) electrons. The second-order valence-corrected chi connectivity index (χ2v) is 15.5. The predicted octanol–water partition coefficient (Wildman–Crippen LogP) is 5.91. The zero-order chi connectivity index (χ0) is 33.3.